The van der Waals surface area contributed by atoms with Crippen LogP contribution in [-0.4, -0.2) is 103 Å². The Labute approximate surface area is 285 Å². The van der Waals surface area contributed by atoms with Crippen molar-refractivity contribution in [1.29, 1.82) is 0 Å². The molecule has 19 heteroatoms. The topological polar surface area (TPSA) is 311 Å². The van der Waals surface area contributed by atoms with Gasteiger partial charge in [0.25, 0.3) is 0 Å². The van der Waals surface area contributed by atoms with Gasteiger partial charge >= 0.3 is 0 Å². The summed E-state index contributed by atoms with van der Waals surface area (Å²) >= 11 is 0. The minimum absolute atomic E-state index is 0.0657. The van der Waals surface area contributed by atoms with Crippen LogP contribution in [0.1, 0.15) is 79.6 Å². The Morgan fingerprint density at radius 2 is 1.49 bits per heavy atom. The van der Waals surface area contributed by atoms with E-state index in [2.05, 4.69) is 42.2 Å². The number of hydrogen-bond donors (Lipinski definition) is 10. The van der Waals surface area contributed by atoms with Gasteiger partial charge in [0, 0.05) is 20.0 Å². The molecule has 49 heavy (non-hydrogen) atoms. The Morgan fingerprint density at radius 3 is 2.06 bits per heavy atom. The zero-order valence-electron chi connectivity index (χ0n) is 28.9. The predicted octanol–water partition coefficient (Wildman–Crippen LogP) is -3.77. The van der Waals surface area contributed by atoms with Crippen LogP contribution in [0.15, 0.2) is 4.99 Å². The van der Waals surface area contributed by atoms with Crippen LogP contribution in [0.25, 0.3) is 0 Å². The zero-order valence-corrected chi connectivity index (χ0v) is 28.9. The second-order valence-electron chi connectivity index (χ2n) is 12.4. The van der Waals surface area contributed by atoms with Crippen molar-refractivity contribution >= 4 is 53.2 Å². The van der Waals surface area contributed by atoms with Crippen LogP contribution in [0.4, 0.5) is 0 Å². The Hall–Kier alpha value is -4.97. The zero-order chi connectivity index (χ0) is 37.3. The van der Waals surface area contributed by atoms with Gasteiger partial charge in [0.1, 0.15) is 36.3 Å². The molecular weight excluding hydrogens is 642 g/mol. The summed E-state index contributed by atoms with van der Waals surface area (Å²) in [6.07, 6.45) is 0.976. The average molecular weight is 696 g/mol. The molecule has 0 radical (unpaired) electrons. The summed E-state index contributed by atoms with van der Waals surface area (Å²) in [5, 5.41) is 17.9. The SMILES string of the molecule is CC(=O)N[C@@H](CCCN=C(N)N)C(=O)N[C@H]1CCCCNC(=O)C[C@@H](C(N)=O)NC(=O)[C@H](C)NC(=O)[C@H](CC(C)C)NC(=O)[C@H](C)NC1=O. The lowest BCUT2D eigenvalue weighted by Gasteiger charge is -2.26. The molecule has 0 saturated carbocycles. The molecular formula is C30H53N11O8. The van der Waals surface area contributed by atoms with Gasteiger partial charge in [-0.2, -0.15) is 0 Å². The maximum atomic E-state index is 13.4. The number of guanidine groups is 1. The summed E-state index contributed by atoms with van der Waals surface area (Å²) in [6, 6.07) is -6.94. The van der Waals surface area contributed by atoms with Crippen molar-refractivity contribution in [3.8, 4) is 0 Å². The highest BCUT2D eigenvalue weighted by molar-refractivity contribution is 5.97. The van der Waals surface area contributed by atoms with Gasteiger partial charge in [-0.1, -0.05) is 13.8 Å². The molecule has 1 aliphatic heterocycles. The van der Waals surface area contributed by atoms with E-state index >= 15 is 0 Å². The lowest BCUT2D eigenvalue weighted by atomic mass is 10.0. The average Bonchev–Trinajstić information content (AvgIpc) is 2.99. The first kappa shape index (κ1) is 42.1. The second kappa shape index (κ2) is 21.1. The number of rotatable bonds is 10. The van der Waals surface area contributed by atoms with Crippen LogP contribution < -0.4 is 54.4 Å². The molecule has 8 amide bonds. The minimum atomic E-state index is -1.36. The number of nitrogens with zero attached hydrogens (tertiary/aromatic N) is 1. The van der Waals surface area contributed by atoms with E-state index in [4.69, 9.17) is 17.2 Å². The molecule has 0 bridgehead atoms. The number of nitrogens with two attached hydrogens (primary N) is 3. The smallest absolute Gasteiger partial charge is 0.243 e. The molecule has 13 N–H and O–H groups in total. The number of carbonyl (C=O) groups excluding carboxylic acids is 8. The highest BCUT2D eigenvalue weighted by Gasteiger charge is 2.31. The predicted molar refractivity (Wildman–Crippen MR) is 179 cm³/mol. The van der Waals surface area contributed by atoms with E-state index in [1.807, 2.05) is 13.8 Å². The molecule has 6 atom stereocenters. The number of amides is 8. The Morgan fingerprint density at radius 1 is 0.878 bits per heavy atom. The summed E-state index contributed by atoms with van der Waals surface area (Å²) in [6.45, 7) is 7.99. The third-order valence-electron chi connectivity index (χ3n) is 7.41. The van der Waals surface area contributed by atoms with Gasteiger partial charge in [-0.3, -0.25) is 43.3 Å². The van der Waals surface area contributed by atoms with Crippen LogP contribution >= 0.6 is 0 Å². The third kappa shape index (κ3) is 16.6. The normalized spacial score (nSPS) is 24.1. The highest BCUT2D eigenvalue weighted by Crippen LogP contribution is 2.08. The fourth-order valence-electron chi connectivity index (χ4n) is 4.80. The van der Waals surface area contributed by atoms with E-state index < -0.39 is 89.9 Å². The maximum absolute atomic E-state index is 13.4. The van der Waals surface area contributed by atoms with Crippen LogP contribution in [0.2, 0.25) is 0 Å². The summed E-state index contributed by atoms with van der Waals surface area (Å²) in [4.78, 5) is 106. The van der Waals surface area contributed by atoms with Gasteiger partial charge in [-0.15, -0.1) is 0 Å². The maximum Gasteiger partial charge on any atom is 0.243 e. The second-order valence-corrected chi connectivity index (χ2v) is 12.4. The lowest BCUT2D eigenvalue weighted by Crippen LogP contribution is -2.59. The van der Waals surface area contributed by atoms with Gasteiger partial charge in [0.05, 0.1) is 6.42 Å². The molecule has 1 heterocycles. The Bertz CT molecular complexity index is 1240. The van der Waals surface area contributed by atoms with Crippen molar-refractivity contribution in [1.82, 2.24) is 37.2 Å². The van der Waals surface area contributed by atoms with Crippen molar-refractivity contribution in [2.45, 2.75) is 116 Å². The number of primary amides is 1. The summed E-state index contributed by atoms with van der Waals surface area (Å²) in [5.74, 6) is -5.71. The Kier molecular flexibility index (Phi) is 18.1. The first-order chi connectivity index (χ1) is 22.9. The van der Waals surface area contributed by atoms with Gasteiger partial charge in [-0.05, 0) is 58.3 Å². The van der Waals surface area contributed by atoms with Gasteiger partial charge in [0.2, 0.25) is 47.3 Å². The van der Waals surface area contributed by atoms with E-state index in [0.717, 1.165) is 0 Å². The van der Waals surface area contributed by atoms with Crippen LogP contribution in [0.5, 0.6) is 0 Å². The highest BCUT2D eigenvalue weighted by atomic mass is 16.2. The molecule has 19 nitrogen and oxygen atoms in total. The molecule has 1 rings (SSSR count). The first-order valence-electron chi connectivity index (χ1n) is 16.3. The molecule has 0 aromatic rings. The largest absolute Gasteiger partial charge is 0.370 e. The van der Waals surface area contributed by atoms with Crippen molar-refractivity contribution < 1.29 is 38.4 Å². The first-order valence-corrected chi connectivity index (χ1v) is 16.3. The molecule has 0 aromatic heterocycles. The van der Waals surface area contributed by atoms with E-state index in [-0.39, 0.29) is 44.2 Å². The number of hydrogen-bond acceptors (Lipinski definition) is 9. The van der Waals surface area contributed by atoms with Crippen LogP contribution in [0, 0.1) is 5.92 Å². The van der Waals surface area contributed by atoms with Crippen molar-refractivity contribution in [2.24, 2.45) is 28.1 Å². The van der Waals surface area contributed by atoms with Crippen LogP contribution in [-0.2, 0) is 38.4 Å². The van der Waals surface area contributed by atoms with Gasteiger partial charge in [-0.25, -0.2) is 0 Å². The molecule has 1 fully saturated rings. The van der Waals surface area contributed by atoms with Crippen molar-refractivity contribution in [2.75, 3.05) is 13.1 Å². The molecule has 1 aliphatic rings. The minimum Gasteiger partial charge on any atom is -0.370 e. The lowest BCUT2D eigenvalue weighted by molar-refractivity contribution is -0.135. The van der Waals surface area contributed by atoms with Gasteiger partial charge < -0.3 is 54.4 Å². The molecule has 1 saturated heterocycles. The molecule has 0 spiro atoms. The standard InChI is InChI=1S/C30H53N11O8/c1-15(2)13-22-29(49)37-16(3)25(45)40-21(24(31)44)14-23(43)34-11-7-6-9-20(27(47)36-17(4)26(46)41-22)39-28(48)19(38-18(5)42)10-8-12-35-30(32)33/h15-17,19-22H,6-14H2,1-5H3,(H2,31,44)(H,34,43)(H,36,47)(H,37,49)(H,38,42)(H,39,48)(H,40,45)(H,41,46)(H4,32,33,35)/t16-,17-,19-,20-,21-,22-/m0/s1. The van der Waals surface area contributed by atoms with E-state index in [1.54, 1.807) is 0 Å². The monoisotopic (exact) mass is 695 g/mol. The summed E-state index contributed by atoms with van der Waals surface area (Å²) in [5.41, 5.74) is 16.1. The van der Waals surface area contributed by atoms with Crippen molar-refractivity contribution in [3.05, 3.63) is 0 Å². The van der Waals surface area contributed by atoms with E-state index in [9.17, 15) is 38.4 Å². The van der Waals surface area contributed by atoms with E-state index in [1.165, 1.54) is 20.8 Å². The third-order valence-corrected chi connectivity index (χ3v) is 7.41. The summed E-state index contributed by atoms with van der Waals surface area (Å²) in [7, 11) is 0. The molecule has 0 aliphatic carbocycles. The molecule has 276 valence electrons. The number of nitrogens with one attached hydrogen (secondary N) is 7. The van der Waals surface area contributed by atoms with E-state index in [0.29, 0.717) is 19.3 Å². The fraction of sp³-hybridized carbons (Fsp3) is 0.700. The summed E-state index contributed by atoms with van der Waals surface area (Å²) < 4.78 is 0. The van der Waals surface area contributed by atoms with Crippen LogP contribution in [0.3, 0.4) is 0 Å². The quantitative estimate of drug-likeness (QED) is 0.0604. The Balaban J connectivity index is 3.29. The number of carbonyl (C=O) groups is 8. The van der Waals surface area contributed by atoms with Crippen molar-refractivity contribution in [3.63, 3.8) is 0 Å². The van der Waals surface area contributed by atoms with Gasteiger partial charge in [0.15, 0.2) is 5.96 Å². The molecule has 0 unspecified atom stereocenters. The molecule has 0 aromatic carbocycles. The fourth-order valence-corrected chi connectivity index (χ4v) is 4.80. The number of aliphatic imine (C=N–C) groups is 1.